The van der Waals surface area contributed by atoms with Crippen molar-refractivity contribution in [2.45, 2.75) is 52.1 Å². The summed E-state index contributed by atoms with van der Waals surface area (Å²) in [6.07, 6.45) is 2.26. The molecule has 1 aromatic carbocycles. The van der Waals surface area contributed by atoms with Crippen LogP contribution in [0.25, 0.3) is 0 Å². The van der Waals surface area contributed by atoms with Crippen molar-refractivity contribution in [3.8, 4) is 17.6 Å². The molecule has 0 atom stereocenters. The summed E-state index contributed by atoms with van der Waals surface area (Å²) in [5.74, 6) is 6.13. The number of carbonyl (C=O) groups is 1. The summed E-state index contributed by atoms with van der Waals surface area (Å²) in [5.41, 5.74) is 3.66. The van der Waals surface area contributed by atoms with Gasteiger partial charge in [-0.3, -0.25) is 0 Å². The number of aryl methyl sites for hydroxylation is 1. The minimum atomic E-state index is -0.993. The van der Waals surface area contributed by atoms with Crippen molar-refractivity contribution in [1.82, 2.24) is 4.98 Å². The Labute approximate surface area is 154 Å². The maximum atomic E-state index is 10.9. The van der Waals surface area contributed by atoms with Gasteiger partial charge in [0.1, 0.15) is 17.0 Å². The van der Waals surface area contributed by atoms with E-state index in [1.807, 2.05) is 6.92 Å². The standard InChI is InChI=1S/C22H23NO3/c1-14-10-19-18(21(2,3)13-22(4,5)26-19)11-15(14)6-8-17-9-7-16(12-23-17)20(24)25/h7,9-12H,13H2,1-5H3,(H,24,25). The molecule has 134 valence electrons. The van der Waals surface area contributed by atoms with Crippen molar-refractivity contribution < 1.29 is 14.6 Å². The van der Waals surface area contributed by atoms with Crippen LogP contribution in [0.2, 0.25) is 0 Å². The number of fused-ring (bicyclic) bond motifs is 1. The van der Waals surface area contributed by atoms with Crippen molar-refractivity contribution in [3.05, 3.63) is 58.4 Å². The first kappa shape index (κ1) is 18.0. The fourth-order valence-electron chi connectivity index (χ4n) is 3.65. The Bertz CT molecular complexity index is 928. The average molecular weight is 349 g/mol. The third kappa shape index (κ3) is 3.57. The van der Waals surface area contributed by atoms with E-state index in [1.165, 1.54) is 17.8 Å². The fourth-order valence-corrected chi connectivity index (χ4v) is 3.65. The summed E-state index contributed by atoms with van der Waals surface area (Å²) in [6.45, 7) is 10.7. The summed E-state index contributed by atoms with van der Waals surface area (Å²) >= 11 is 0. The number of carboxylic acid groups (broad SMARTS) is 1. The fraction of sp³-hybridized carbons (Fsp3) is 0.364. The monoisotopic (exact) mass is 349 g/mol. The van der Waals surface area contributed by atoms with Crippen LogP contribution in [0.4, 0.5) is 0 Å². The molecule has 2 heterocycles. The maximum Gasteiger partial charge on any atom is 0.337 e. The molecule has 4 heteroatoms. The molecule has 0 saturated carbocycles. The second-order valence-electron chi connectivity index (χ2n) is 8.07. The minimum absolute atomic E-state index is 0.00258. The van der Waals surface area contributed by atoms with E-state index in [4.69, 9.17) is 9.84 Å². The molecular weight excluding hydrogens is 326 g/mol. The summed E-state index contributed by atoms with van der Waals surface area (Å²) in [7, 11) is 0. The number of benzene rings is 1. The predicted octanol–water partition coefficient (Wildman–Crippen LogP) is 4.33. The first-order valence-electron chi connectivity index (χ1n) is 8.63. The largest absolute Gasteiger partial charge is 0.488 e. The van der Waals surface area contributed by atoms with Crippen molar-refractivity contribution in [2.24, 2.45) is 0 Å². The Kier molecular flexibility index (Phi) is 4.28. The van der Waals surface area contributed by atoms with E-state index in [9.17, 15) is 4.79 Å². The lowest BCUT2D eigenvalue weighted by molar-refractivity contribution is 0.0533. The minimum Gasteiger partial charge on any atom is -0.488 e. The van der Waals surface area contributed by atoms with Gasteiger partial charge in [-0.1, -0.05) is 19.8 Å². The molecular formula is C22H23NO3. The number of pyridine rings is 1. The third-order valence-corrected chi connectivity index (χ3v) is 4.65. The van der Waals surface area contributed by atoms with Gasteiger partial charge >= 0.3 is 5.97 Å². The Morgan fingerprint density at radius 1 is 1.19 bits per heavy atom. The number of hydrogen-bond acceptors (Lipinski definition) is 3. The molecule has 0 spiro atoms. The molecule has 0 amide bonds. The van der Waals surface area contributed by atoms with Gasteiger partial charge in [0, 0.05) is 17.3 Å². The zero-order valence-corrected chi connectivity index (χ0v) is 15.8. The summed E-state index contributed by atoms with van der Waals surface area (Å²) in [5, 5.41) is 8.93. The molecule has 0 bridgehead atoms. The number of hydrogen-bond donors (Lipinski definition) is 1. The van der Waals surface area contributed by atoms with Crippen LogP contribution in [0.5, 0.6) is 5.75 Å². The van der Waals surface area contributed by atoms with Gasteiger partial charge in [-0.2, -0.15) is 0 Å². The van der Waals surface area contributed by atoms with Crippen LogP contribution in [-0.4, -0.2) is 21.7 Å². The van der Waals surface area contributed by atoms with Gasteiger partial charge in [0.25, 0.3) is 0 Å². The molecule has 0 unspecified atom stereocenters. The van der Waals surface area contributed by atoms with Gasteiger partial charge < -0.3 is 9.84 Å². The van der Waals surface area contributed by atoms with E-state index in [-0.39, 0.29) is 16.6 Å². The van der Waals surface area contributed by atoms with Gasteiger partial charge in [0.15, 0.2) is 0 Å². The van der Waals surface area contributed by atoms with Crippen molar-refractivity contribution in [1.29, 1.82) is 0 Å². The number of carboxylic acids is 1. The molecule has 2 aromatic rings. The van der Waals surface area contributed by atoms with Gasteiger partial charge in [-0.15, -0.1) is 0 Å². The zero-order valence-electron chi connectivity index (χ0n) is 15.8. The normalized spacial score (nSPS) is 16.7. The van der Waals surface area contributed by atoms with Gasteiger partial charge in [0.05, 0.1) is 5.56 Å². The van der Waals surface area contributed by atoms with Gasteiger partial charge in [0.2, 0.25) is 0 Å². The summed E-state index contributed by atoms with van der Waals surface area (Å²) < 4.78 is 6.17. The second kappa shape index (κ2) is 6.17. The predicted molar refractivity (Wildman–Crippen MR) is 101 cm³/mol. The lowest BCUT2D eigenvalue weighted by atomic mass is 9.73. The lowest BCUT2D eigenvalue weighted by Crippen LogP contribution is -2.41. The molecule has 1 aliphatic rings. The van der Waals surface area contributed by atoms with Crippen LogP contribution < -0.4 is 4.74 Å². The molecule has 0 saturated heterocycles. The molecule has 0 radical (unpaired) electrons. The molecule has 0 aliphatic carbocycles. The number of rotatable bonds is 1. The second-order valence-corrected chi connectivity index (χ2v) is 8.07. The molecule has 1 N–H and O–H groups in total. The highest BCUT2D eigenvalue weighted by Crippen LogP contribution is 2.45. The highest BCUT2D eigenvalue weighted by Gasteiger charge is 2.39. The summed E-state index contributed by atoms with van der Waals surface area (Å²) in [6, 6.07) is 7.30. The average Bonchev–Trinajstić information content (AvgIpc) is 2.51. The van der Waals surface area contributed by atoms with E-state index in [2.05, 4.69) is 56.7 Å². The van der Waals surface area contributed by atoms with Crippen LogP contribution in [0.1, 0.15) is 66.9 Å². The molecule has 1 aliphatic heterocycles. The van der Waals surface area contributed by atoms with Crippen LogP contribution in [0, 0.1) is 18.8 Å². The molecule has 1 aromatic heterocycles. The van der Waals surface area contributed by atoms with Crippen LogP contribution >= 0.6 is 0 Å². The Hall–Kier alpha value is -2.80. The number of ether oxygens (including phenoxy) is 1. The lowest BCUT2D eigenvalue weighted by Gasteiger charge is -2.42. The Balaban J connectivity index is 1.97. The topological polar surface area (TPSA) is 59.4 Å². The quantitative estimate of drug-likeness (QED) is 0.779. The first-order valence-corrected chi connectivity index (χ1v) is 8.63. The van der Waals surface area contributed by atoms with Crippen molar-refractivity contribution in [3.63, 3.8) is 0 Å². The number of nitrogens with zero attached hydrogens (tertiary/aromatic N) is 1. The smallest absolute Gasteiger partial charge is 0.337 e. The Morgan fingerprint density at radius 3 is 2.54 bits per heavy atom. The summed E-state index contributed by atoms with van der Waals surface area (Å²) in [4.78, 5) is 15.0. The van der Waals surface area contributed by atoms with E-state index in [0.29, 0.717) is 5.69 Å². The Morgan fingerprint density at radius 2 is 1.92 bits per heavy atom. The highest BCUT2D eigenvalue weighted by atomic mass is 16.5. The van der Waals surface area contributed by atoms with Crippen molar-refractivity contribution >= 4 is 5.97 Å². The molecule has 4 nitrogen and oxygen atoms in total. The van der Waals surface area contributed by atoms with Gasteiger partial charge in [-0.25, -0.2) is 9.78 Å². The van der Waals surface area contributed by atoms with Crippen LogP contribution in [0.3, 0.4) is 0 Å². The maximum absolute atomic E-state index is 10.9. The zero-order chi connectivity index (χ0) is 19.1. The van der Waals surface area contributed by atoms with E-state index >= 15 is 0 Å². The van der Waals surface area contributed by atoms with Crippen molar-refractivity contribution in [2.75, 3.05) is 0 Å². The van der Waals surface area contributed by atoms with E-state index in [1.54, 1.807) is 6.07 Å². The highest BCUT2D eigenvalue weighted by molar-refractivity contribution is 5.87. The first-order chi connectivity index (χ1) is 12.1. The third-order valence-electron chi connectivity index (χ3n) is 4.65. The number of aromatic nitrogens is 1. The molecule has 26 heavy (non-hydrogen) atoms. The number of aromatic carboxylic acids is 1. The van der Waals surface area contributed by atoms with Gasteiger partial charge in [-0.05, 0) is 68.4 Å². The van der Waals surface area contributed by atoms with E-state index in [0.717, 1.165) is 23.3 Å². The molecule has 0 fully saturated rings. The SMILES string of the molecule is Cc1cc2c(cc1C#Cc1ccc(C(=O)O)cn1)C(C)(C)CC(C)(C)O2. The van der Waals surface area contributed by atoms with Crippen LogP contribution in [-0.2, 0) is 5.41 Å². The van der Waals surface area contributed by atoms with Crippen LogP contribution in [0.15, 0.2) is 30.5 Å². The van der Waals surface area contributed by atoms with E-state index < -0.39 is 5.97 Å². The molecule has 3 rings (SSSR count).